The normalized spacial score (nSPS) is 9.48. The number of hydrogen-bond acceptors (Lipinski definition) is 5. The van der Waals surface area contributed by atoms with Crippen LogP contribution >= 0.6 is 54.5 Å². The highest BCUT2D eigenvalue weighted by Gasteiger charge is 1.97. The van der Waals surface area contributed by atoms with Crippen LogP contribution in [0.5, 0.6) is 0 Å². The van der Waals surface area contributed by atoms with E-state index in [1.165, 1.54) is 4.40 Å². The fraction of sp³-hybridized carbons (Fsp3) is 0.154. The summed E-state index contributed by atoms with van der Waals surface area (Å²) in [6.45, 7) is 0. The van der Waals surface area contributed by atoms with Crippen molar-refractivity contribution in [2.45, 2.75) is 7.43 Å². The molecule has 126 valence electrons. The van der Waals surface area contributed by atoms with E-state index in [9.17, 15) is 4.79 Å². The number of aromatic amines is 1. The third-order valence-corrected chi connectivity index (χ3v) is 3.19. The molecule has 0 fully saturated rings. The van der Waals surface area contributed by atoms with Crippen LogP contribution in [0.4, 0.5) is 5.82 Å². The topological polar surface area (TPSA) is 101 Å². The molecule has 0 bridgehead atoms. The van der Waals surface area contributed by atoms with Crippen LogP contribution < -0.4 is 17.0 Å². The van der Waals surface area contributed by atoms with E-state index in [1.54, 1.807) is 24.5 Å². The highest BCUT2D eigenvalue weighted by atomic mass is 127. The van der Waals surface area contributed by atoms with Crippen LogP contribution in [-0.2, 0) is 0 Å². The highest BCUT2D eigenvalue weighted by Crippen LogP contribution is 2.09. The van der Waals surface area contributed by atoms with Crippen molar-refractivity contribution in [2.24, 2.45) is 5.84 Å². The van der Waals surface area contributed by atoms with Crippen molar-refractivity contribution in [3.63, 3.8) is 0 Å². The number of hydrogen-bond donors (Lipinski definition) is 3. The van der Waals surface area contributed by atoms with Gasteiger partial charge in [-0.2, -0.15) is 5.10 Å². The number of aromatic nitrogens is 4. The lowest BCUT2D eigenvalue weighted by Crippen LogP contribution is -2.08. The average molecular weight is 561 g/mol. The van der Waals surface area contributed by atoms with E-state index >= 15 is 0 Å². The maximum absolute atomic E-state index is 11.0. The van der Waals surface area contributed by atoms with E-state index in [2.05, 4.69) is 52.5 Å². The number of nitrogens with zero attached hydrogens (tertiary/aromatic N) is 3. The van der Waals surface area contributed by atoms with Crippen LogP contribution in [0.3, 0.4) is 0 Å². The van der Waals surface area contributed by atoms with Gasteiger partial charge >= 0.3 is 5.69 Å². The smallest absolute Gasteiger partial charge is 0.308 e. The van der Waals surface area contributed by atoms with Gasteiger partial charge in [0.2, 0.25) is 0 Å². The number of rotatable bonds is 1. The van der Waals surface area contributed by atoms with Crippen molar-refractivity contribution >= 4 is 65.9 Å². The summed E-state index contributed by atoms with van der Waals surface area (Å²) in [5, 5.41) is 6.10. The first-order chi connectivity index (χ1) is 11.0. The molecular formula is C13H17Br2IN6O. The lowest BCUT2D eigenvalue weighted by Gasteiger charge is -1.95. The van der Waals surface area contributed by atoms with Crippen LogP contribution in [0.15, 0.2) is 50.4 Å². The molecule has 3 aromatic rings. The van der Waals surface area contributed by atoms with Crippen molar-refractivity contribution in [1.29, 1.82) is 0 Å². The molecule has 0 radical (unpaired) electrons. The van der Waals surface area contributed by atoms with Crippen LogP contribution in [0.25, 0.3) is 5.65 Å². The Hall–Kier alpha value is -0.980. The van der Waals surface area contributed by atoms with Crippen molar-refractivity contribution < 1.29 is 1.37 Å². The van der Waals surface area contributed by atoms with Gasteiger partial charge in [-0.3, -0.25) is 0 Å². The van der Waals surface area contributed by atoms with Gasteiger partial charge in [0.25, 0.3) is 0 Å². The quantitative estimate of drug-likeness (QED) is 0.183. The van der Waals surface area contributed by atoms with Gasteiger partial charge in [0.15, 0.2) is 5.65 Å². The van der Waals surface area contributed by atoms with Gasteiger partial charge in [0, 0.05) is 22.7 Å². The summed E-state index contributed by atoms with van der Waals surface area (Å²) in [5.74, 6) is 5.74. The van der Waals surface area contributed by atoms with Crippen molar-refractivity contribution in [3.8, 4) is 0 Å². The highest BCUT2D eigenvalue weighted by molar-refractivity contribution is 14.1. The average Bonchev–Trinajstić information content (AvgIpc) is 2.90. The summed E-state index contributed by atoms with van der Waals surface area (Å²) >= 11 is 8.45. The number of halogens is 3. The van der Waals surface area contributed by atoms with Gasteiger partial charge in [-0.05, 0) is 61.0 Å². The van der Waals surface area contributed by atoms with E-state index in [4.69, 9.17) is 7.21 Å². The van der Waals surface area contributed by atoms with Gasteiger partial charge in [0.1, 0.15) is 5.82 Å². The SMILES string of the molecule is C.NNc1ccc(Br)cn1.O=c1[nH]nc2ccc(Br)cn12.[2H]CI. The van der Waals surface area contributed by atoms with Crippen molar-refractivity contribution in [3.05, 3.63) is 56.1 Å². The minimum absolute atomic E-state index is 0. The predicted octanol–water partition coefficient (Wildman–Crippen LogP) is 3.60. The zero-order valence-corrected chi connectivity index (χ0v) is 16.5. The molecule has 4 N–H and O–H groups in total. The number of nitrogen functional groups attached to an aromatic ring is 1. The Morgan fingerprint density at radius 1 is 1.35 bits per heavy atom. The lowest BCUT2D eigenvalue weighted by molar-refractivity contribution is 1.02. The van der Waals surface area contributed by atoms with E-state index in [0.29, 0.717) is 16.4 Å². The molecule has 3 aromatic heterocycles. The number of hydrazine groups is 1. The van der Waals surface area contributed by atoms with E-state index < -0.39 is 0 Å². The van der Waals surface area contributed by atoms with Gasteiger partial charge < -0.3 is 5.43 Å². The number of anilines is 1. The van der Waals surface area contributed by atoms with E-state index in [-0.39, 0.29) is 13.1 Å². The Bertz CT molecular complexity index is 780. The first-order valence-electron chi connectivity index (χ1n) is 6.38. The summed E-state index contributed by atoms with van der Waals surface area (Å²) in [6, 6.07) is 7.23. The molecule has 0 atom stereocenters. The summed E-state index contributed by atoms with van der Waals surface area (Å²) in [7, 11) is 0. The molecule has 0 aliphatic carbocycles. The zero-order valence-electron chi connectivity index (χ0n) is 12.1. The molecule has 3 heterocycles. The maximum atomic E-state index is 11.0. The first-order valence-corrected chi connectivity index (χ1v) is 8.78. The maximum Gasteiger partial charge on any atom is 0.347 e. The molecule has 3 rings (SSSR count). The standard InChI is InChI=1S/C6H4BrN3O.C5H6BrN3.CH3I.CH4/c7-4-1-2-5-8-9-6(11)10(5)3-4;6-4-1-2-5(9-7)8-3-4;1-2;/h1-3H,(H,9,11);1-3H,7H2,(H,8,9);1H3;1H4/i;;1D;. The molecule has 7 nitrogen and oxygen atoms in total. The van der Waals surface area contributed by atoms with Gasteiger partial charge in [0.05, 0.1) is 0 Å². The predicted molar refractivity (Wildman–Crippen MR) is 110 cm³/mol. The lowest BCUT2D eigenvalue weighted by atomic mass is 10.5. The van der Waals surface area contributed by atoms with Gasteiger partial charge in [-0.15, -0.1) is 0 Å². The second-order valence-corrected chi connectivity index (χ2v) is 5.44. The molecule has 0 aliphatic rings. The second-order valence-electron chi connectivity index (χ2n) is 3.61. The third kappa shape index (κ3) is 6.97. The number of nitrogens with two attached hydrogens (primary N) is 1. The van der Waals surface area contributed by atoms with E-state index in [0.717, 1.165) is 8.95 Å². The Labute approximate surface area is 165 Å². The van der Waals surface area contributed by atoms with Crippen molar-refractivity contribution in [1.82, 2.24) is 19.6 Å². The van der Waals surface area contributed by atoms with E-state index in [1.807, 2.05) is 34.7 Å². The Morgan fingerprint density at radius 3 is 2.57 bits per heavy atom. The molecule has 0 aromatic carbocycles. The first kappa shape index (κ1) is 20.1. The Kier molecular flexibility index (Phi) is 10.1. The second kappa shape index (κ2) is 11.5. The number of alkyl halides is 1. The Balaban J connectivity index is 0.000000372. The molecule has 0 amide bonds. The fourth-order valence-corrected chi connectivity index (χ4v) is 1.91. The third-order valence-electron chi connectivity index (χ3n) is 2.25. The minimum Gasteiger partial charge on any atom is -0.308 e. The zero-order chi connectivity index (χ0) is 17.2. The molecule has 10 heteroatoms. The molecule has 0 unspecified atom stereocenters. The number of fused-ring (bicyclic) bond motifs is 1. The molecule has 0 saturated carbocycles. The number of pyridine rings is 2. The summed E-state index contributed by atoms with van der Waals surface area (Å²) in [5.41, 5.74) is 2.82. The van der Waals surface area contributed by atoms with Crippen LogP contribution in [-0.4, -0.2) is 24.5 Å². The summed E-state index contributed by atoms with van der Waals surface area (Å²) < 4.78 is 9.43. The van der Waals surface area contributed by atoms with Gasteiger partial charge in [-0.25, -0.2) is 25.1 Å². The molecule has 0 spiro atoms. The largest absolute Gasteiger partial charge is 0.347 e. The summed E-state index contributed by atoms with van der Waals surface area (Å²) in [6.07, 6.45) is 3.34. The molecule has 0 aliphatic heterocycles. The minimum atomic E-state index is -0.221. The Morgan fingerprint density at radius 2 is 2.00 bits per heavy atom. The summed E-state index contributed by atoms with van der Waals surface area (Å²) in [4.78, 5) is 15.3. The monoisotopic (exact) mass is 559 g/mol. The van der Waals surface area contributed by atoms with Gasteiger partial charge in [-0.1, -0.05) is 30.0 Å². The molecular weight excluding hydrogens is 543 g/mol. The molecule has 23 heavy (non-hydrogen) atoms. The van der Waals surface area contributed by atoms with Crippen LogP contribution in [0.1, 0.15) is 8.80 Å². The van der Waals surface area contributed by atoms with Crippen LogP contribution in [0.2, 0.25) is 0 Å². The number of nitrogens with one attached hydrogen (secondary N) is 2. The van der Waals surface area contributed by atoms with Crippen LogP contribution in [0, 0.1) is 0 Å². The molecule has 0 saturated heterocycles. The van der Waals surface area contributed by atoms with Crippen molar-refractivity contribution in [2.75, 3.05) is 10.3 Å². The number of H-pyrrole nitrogens is 1. The fourth-order valence-electron chi connectivity index (χ4n) is 1.34.